The van der Waals surface area contributed by atoms with E-state index in [-0.39, 0.29) is 31.2 Å². The van der Waals surface area contributed by atoms with E-state index in [0.717, 1.165) is 19.3 Å². The average molecular weight is 362 g/mol. The van der Waals surface area contributed by atoms with Gasteiger partial charge in [0.15, 0.2) is 9.84 Å². The Kier molecular flexibility index (Phi) is 3.68. The first-order valence-corrected chi connectivity index (χ1v) is 10.4. The van der Waals surface area contributed by atoms with E-state index in [2.05, 4.69) is 0 Å². The number of primary amides is 1. The Morgan fingerprint density at radius 1 is 1.12 bits per heavy atom. The Bertz CT molecular complexity index is 856. The molecule has 4 rings (SSSR count). The second-order valence-electron chi connectivity index (χ2n) is 7.48. The molecule has 6 nitrogen and oxygen atoms in total. The molecule has 25 heavy (non-hydrogen) atoms. The second kappa shape index (κ2) is 5.56. The van der Waals surface area contributed by atoms with Gasteiger partial charge in [-0.3, -0.25) is 9.59 Å². The summed E-state index contributed by atoms with van der Waals surface area (Å²) < 4.78 is 23.7. The molecule has 0 radical (unpaired) electrons. The predicted octanol–water partition coefficient (Wildman–Crippen LogP) is 0.680. The Hall–Kier alpha value is -1.89. The van der Waals surface area contributed by atoms with Crippen LogP contribution in [0.1, 0.15) is 40.7 Å². The van der Waals surface area contributed by atoms with E-state index in [4.69, 9.17) is 5.73 Å². The van der Waals surface area contributed by atoms with Crippen molar-refractivity contribution in [3.05, 3.63) is 34.9 Å². The lowest BCUT2D eigenvalue weighted by Gasteiger charge is -2.49. The van der Waals surface area contributed by atoms with Gasteiger partial charge < -0.3 is 10.6 Å². The van der Waals surface area contributed by atoms with Gasteiger partial charge in [-0.15, -0.1) is 0 Å². The topological polar surface area (TPSA) is 97.5 Å². The number of hydrogen-bond acceptors (Lipinski definition) is 4. The number of sulfone groups is 1. The van der Waals surface area contributed by atoms with Crippen LogP contribution in [-0.2, 0) is 27.5 Å². The number of carbonyl (C=O) groups is 2. The van der Waals surface area contributed by atoms with Crippen LogP contribution in [0.4, 0.5) is 0 Å². The van der Waals surface area contributed by atoms with Crippen molar-refractivity contribution in [2.75, 3.05) is 18.8 Å². The number of amides is 2. The van der Waals surface area contributed by atoms with Crippen molar-refractivity contribution in [1.82, 2.24) is 4.90 Å². The lowest BCUT2D eigenvalue weighted by Crippen LogP contribution is -2.69. The molecule has 2 saturated heterocycles. The summed E-state index contributed by atoms with van der Waals surface area (Å²) in [5, 5.41) is 0. The third-order valence-corrected chi connectivity index (χ3v) is 8.63. The van der Waals surface area contributed by atoms with Crippen LogP contribution in [0.15, 0.2) is 18.2 Å². The summed E-state index contributed by atoms with van der Waals surface area (Å²) in [6, 6.07) is 5.78. The molecule has 1 spiro atoms. The number of nitrogens with two attached hydrogens (primary N) is 1. The number of aryl methyl sites for hydroxylation is 2. The van der Waals surface area contributed by atoms with E-state index in [1.807, 2.05) is 18.2 Å². The summed E-state index contributed by atoms with van der Waals surface area (Å²) in [7, 11) is -3.40. The van der Waals surface area contributed by atoms with Crippen LogP contribution in [0.3, 0.4) is 0 Å². The van der Waals surface area contributed by atoms with Gasteiger partial charge in [0.1, 0.15) is 4.75 Å². The molecule has 2 heterocycles. The molecule has 1 aromatic rings. The fourth-order valence-electron chi connectivity index (χ4n) is 4.57. The van der Waals surface area contributed by atoms with Gasteiger partial charge in [0, 0.05) is 18.7 Å². The Balaban J connectivity index is 1.55. The largest absolute Gasteiger partial charge is 0.369 e. The van der Waals surface area contributed by atoms with Gasteiger partial charge in [-0.1, -0.05) is 6.07 Å². The van der Waals surface area contributed by atoms with E-state index in [1.54, 1.807) is 0 Å². The first-order chi connectivity index (χ1) is 11.8. The van der Waals surface area contributed by atoms with Gasteiger partial charge in [-0.25, -0.2) is 8.42 Å². The third kappa shape index (κ3) is 2.39. The van der Waals surface area contributed by atoms with Crippen molar-refractivity contribution in [2.45, 2.75) is 36.9 Å². The monoisotopic (exact) mass is 362 g/mol. The zero-order chi connectivity index (χ0) is 17.8. The van der Waals surface area contributed by atoms with Crippen molar-refractivity contribution >= 4 is 21.7 Å². The maximum absolute atomic E-state index is 12.8. The van der Waals surface area contributed by atoms with Gasteiger partial charge in [-0.05, 0) is 55.4 Å². The number of rotatable bonds is 2. The molecule has 3 aliphatic rings. The highest BCUT2D eigenvalue weighted by atomic mass is 32.2. The van der Waals surface area contributed by atoms with Gasteiger partial charge in [-0.2, -0.15) is 0 Å². The fourth-order valence-corrected chi connectivity index (χ4v) is 6.89. The standard InChI is InChI=1S/C18H22N2O4S/c19-16(21)15-7-8-25(23,24)18(15)10-20(11-18)17(22)14-6-5-12-3-1-2-4-13(12)9-14/h5-6,9,15H,1-4,7-8,10-11H2,(H2,19,21). The Morgan fingerprint density at radius 2 is 1.80 bits per heavy atom. The molecule has 7 heteroatoms. The summed E-state index contributed by atoms with van der Waals surface area (Å²) >= 11 is 0. The molecule has 134 valence electrons. The minimum absolute atomic E-state index is 0.0263. The highest BCUT2D eigenvalue weighted by molar-refractivity contribution is 7.93. The molecule has 0 aromatic heterocycles. The SMILES string of the molecule is NC(=O)C1CCS(=O)(=O)C12CN(C(=O)c1ccc3c(c1)CCCC3)C2. The highest BCUT2D eigenvalue weighted by Crippen LogP contribution is 2.45. The number of nitrogens with zero attached hydrogens (tertiary/aromatic N) is 1. The van der Waals surface area contributed by atoms with Gasteiger partial charge in [0.25, 0.3) is 5.91 Å². The minimum atomic E-state index is -3.40. The average Bonchev–Trinajstić information content (AvgIpc) is 2.83. The molecule has 2 fully saturated rings. The van der Waals surface area contributed by atoms with Gasteiger partial charge in [0.05, 0.1) is 11.7 Å². The second-order valence-corrected chi connectivity index (χ2v) is 9.93. The summed E-state index contributed by atoms with van der Waals surface area (Å²) in [4.78, 5) is 25.9. The Morgan fingerprint density at radius 3 is 2.48 bits per heavy atom. The summed E-state index contributed by atoms with van der Waals surface area (Å²) in [6.45, 7) is 0.137. The maximum atomic E-state index is 12.8. The zero-order valence-electron chi connectivity index (χ0n) is 14.0. The molecular weight excluding hydrogens is 340 g/mol. The lowest BCUT2D eigenvalue weighted by molar-refractivity contribution is -0.124. The van der Waals surface area contributed by atoms with Crippen LogP contribution in [0.5, 0.6) is 0 Å². The van der Waals surface area contributed by atoms with Crippen molar-refractivity contribution in [1.29, 1.82) is 0 Å². The first-order valence-electron chi connectivity index (χ1n) is 8.77. The molecule has 1 aromatic carbocycles. The molecule has 2 aliphatic heterocycles. The highest BCUT2D eigenvalue weighted by Gasteiger charge is 2.64. The van der Waals surface area contributed by atoms with E-state index in [0.29, 0.717) is 5.56 Å². The number of fused-ring (bicyclic) bond motifs is 1. The van der Waals surface area contributed by atoms with E-state index in [1.165, 1.54) is 22.4 Å². The van der Waals surface area contributed by atoms with E-state index >= 15 is 0 Å². The van der Waals surface area contributed by atoms with Gasteiger partial charge in [0.2, 0.25) is 5.91 Å². The molecule has 1 unspecified atom stereocenters. The zero-order valence-corrected chi connectivity index (χ0v) is 14.8. The van der Waals surface area contributed by atoms with Crippen molar-refractivity contribution < 1.29 is 18.0 Å². The Labute approximate surface area is 147 Å². The number of benzene rings is 1. The van der Waals surface area contributed by atoms with E-state index < -0.39 is 26.4 Å². The van der Waals surface area contributed by atoms with Crippen molar-refractivity contribution in [2.24, 2.45) is 11.7 Å². The molecule has 0 saturated carbocycles. The summed E-state index contributed by atoms with van der Waals surface area (Å²) in [5.41, 5.74) is 8.52. The molecule has 1 atom stereocenters. The first kappa shape index (κ1) is 16.6. The van der Waals surface area contributed by atoms with Crippen LogP contribution < -0.4 is 5.73 Å². The number of carbonyl (C=O) groups excluding carboxylic acids is 2. The third-order valence-electron chi connectivity index (χ3n) is 6.07. The van der Waals surface area contributed by atoms with Crippen LogP contribution >= 0.6 is 0 Å². The van der Waals surface area contributed by atoms with Crippen LogP contribution in [0.2, 0.25) is 0 Å². The molecular formula is C18H22N2O4S. The normalized spacial score (nSPS) is 26.1. The molecule has 2 amide bonds. The molecule has 1 aliphatic carbocycles. The number of hydrogen-bond donors (Lipinski definition) is 1. The minimum Gasteiger partial charge on any atom is -0.369 e. The number of likely N-dealkylation sites (tertiary alicyclic amines) is 1. The molecule has 0 bridgehead atoms. The predicted molar refractivity (Wildman–Crippen MR) is 92.8 cm³/mol. The smallest absolute Gasteiger partial charge is 0.253 e. The quantitative estimate of drug-likeness (QED) is 0.836. The molecule has 2 N–H and O–H groups in total. The fraction of sp³-hybridized carbons (Fsp3) is 0.556. The summed E-state index contributed by atoms with van der Waals surface area (Å²) in [6.07, 6.45) is 4.61. The van der Waals surface area contributed by atoms with Crippen LogP contribution in [0.25, 0.3) is 0 Å². The van der Waals surface area contributed by atoms with Crippen molar-refractivity contribution in [3.63, 3.8) is 0 Å². The van der Waals surface area contributed by atoms with Crippen molar-refractivity contribution in [3.8, 4) is 0 Å². The maximum Gasteiger partial charge on any atom is 0.253 e. The summed E-state index contributed by atoms with van der Waals surface area (Å²) in [5.74, 6) is -1.46. The lowest BCUT2D eigenvalue weighted by atomic mass is 9.82. The van der Waals surface area contributed by atoms with E-state index in [9.17, 15) is 18.0 Å². The van der Waals surface area contributed by atoms with Gasteiger partial charge >= 0.3 is 0 Å². The van der Waals surface area contributed by atoms with Crippen LogP contribution in [-0.4, -0.2) is 48.7 Å². The van der Waals surface area contributed by atoms with Crippen LogP contribution in [0, 0.1) is 5.92 Å².